The second-order valence-corrected chi connectivity index (χ2v) is 8.97. The molecule has 10 heteroatoms. The molecule has 0 saturated carbocycles. The highest BCUT2D eigenvalue weighted by molar-refractivity contribution is 7.91. The Morgan fingerprint density at radius 1 is 1.30 bits per heavy atom. The van der Waals surface area contributed by atoms with Crippen LogP contribution >= 0.6 is 0 Å². The third kappa shape index (κ3) is 4.61. The highest BCUT2D eigenvalue weighted by Gasteiger charge is 2.42. The molecule has 2 aromatic rings. The van der Waals surface area contributed by atoms with E-state index in [1.54, 1.807) is 43.8 Å². The summed E-state index contributed by atoms with van der Waals surface area (Å²) in [6.07, 6.45) is 11.2. The van der Waals surface area contributed by atoms with E-state index in [1.807, 2.05) is 24.5 Å². The molecule has 2 heterocycles. The third-order valence-electron chi connectivity index (χ3n) is 4.94. The lowest BCUT2D eigenvalue weighted by Gasteiger charge is -2.32. The van der Waals surface area contributed by atoms with Crippen LogP contribution in [0.1, 0.15) is 25.6 Å². The van der Waals surface area contributed by atoms with Gasteiger partial charge in [-0.05, 0) is 32.4 Å². The fourth-order valence-corrected chi connectivity index (χ4v) is 4.80. The van der Waals surface area contributed by atoms with Gasteiger partial charge in [-0.2, -0.15) is 0 Å². The number of allylic oxidation sites excluding steroid dienone is 2. The summed E-state index contributed by atoms with van der Waals surface area (Å²) in [6.45, 7) is 5.49. The number of imidazole rings is 1. The highest BCUT2D eigenvalue weighted by atomic mass is 32.2. The van der Waals surface area contributed by atoms with Crippen molar-refractivity contribution in [2.24, 2.45) is 0 Å². The number of ether oxygens (including phenoxy) is 1. The van der Waals surface area contributed by atoms with Crippen molar-refractivity contribution >= 4 is 16.0 Å². The zero-order valence-electron chi connectivity index (χ0n) is 17.5. The van der Waals surface area contributed by atoms with Crippen LogP contribution < -0.4 is 10.0 Å². The van der Waals surface area contributed by atoms with E-state index in [4.69, 9.17) is 4.74 Å². The molecular formula is C20H28N6O3S. The minimum atomic E-state index is -3.76. The molecule has 162 valence electrons. The number of nitrogens with zero attached hydrogens (tertiary/aromatic N) is 4. The first-order chi connectivity index (χ1) is 14.4. The minimum absolute atomic E-state index is 0.233. The molecular weight excluding hydrogens is 404 g/mol. The first-order valence-corrected chi connectivity index (χ1v) is 11.4. The molecule has 3 rings (SSSR count). The number of aromatic nitrogens is 4. The number of nitrogens with one attached hydrogen (secondary N) is 2. The van der Waals surface area contributed by atoms with Crippen LogP contribution in [-0.4, -0.2) is 53.1 Å². The van der Waals surface area contributed by atoms with Crippen molar-refractivity contribution in [2.75, 3.05) is 25.6 Å². The van der Waals surface area contributed by atoms with Gasteiger partial charge in [-0.1, -0.05) is 18.2 Å². The summed E-state index contributed by atoms with van der Waals surface area (Å²) in [7, 11) is -2.18. The van der Waals surface area contributed by atoms with E-state index in [1.165, 1.54) is 0 Å². The van der Waals surface area contributed by atoms with E-state index in [0.717, 1.165) is 18.1 Å². The fraction of sp³-hybridized carbons (Fsp3) is 0.450. The van der Waals surface area contributed by atoms with Gasteiger partial charge in [0.2, 0.25) is 16.0 Å². The summed E-state index contributed by atoms with van der Waals surface area (Å²) in [5.41, 5.74) is 1.53. The smallest absolute Gasteiger partial charge is 0.239 e. The normalized spacial score (nSPS) is 18.6. The fourth-order valence-electron chi connectivity index (χ4n) is 3.33. The van der Waals surface area contributed by atoms with Crippen molar-refractivity contribution in [2.45, 2.75) is 38.1 Å². The van der Waals surface area contributed by atoms with Crippen molar-refractivity contribution in [3.05, 3.63) is 48.6 Å². The van der Waals surface area contributed by atoms with E-state index >= 15 is 0 Å². The largest absolute Gasteiger partial charge is 0.385 e. The Bertz CT molecular complexity index is 1030. The van der Waals surface area contributed by atoms with Crippen LogP contribution in [0.2, 0.25) is 0 Å². The molecule has 0 amide bonds. The number of hydrogen-bond donors (Lipinski definition) is 2. The predicted molar refractivity (Wildman–Crippen MR) is 116 cm³/mol. The number of sulfonamides is 1. The van der Waals surface area contributed by atoms with E-state index in [9.17, 15) is 8.42 Å². The lowest BCUT2D eigenvalue weighted by atomic mass is 10.1. The number of hydrogen-bond acceptors (Lipinski definition) is 7. The van der Waals surface area contributed by atoms with Crippen LogP contribution in [0.15, 0.2) is 42.8 Å². The molecule has 2 N–H and O–H groups in total. The van der Waals surface area contributed by atoms with Gasteiger partial charge in [0.05, 0.1) is 17.6 Å². The molecule has 30 heavy (non-hydrogen) atoms. The average Bonchev–Trinajstić information content (AvgIpc) is 3.12. The SMILES string of the molecule is CCn1c(-c2ccnc(NC3(S(=O)(=O)NCCCOC)C=CC=CC3)n2)cnc1C. The number of aryl methyl sites for hydroxylation is 1. The summed E-state index contributed by atoms with van der Waals surface area (Å²) < 4.78 is 36.0. The first-order valence-electron chi connectivity index (χ1n) is 9.88. The van der Waals surface area contributed by atoms with Gasteiger partial charge in [0.25, 0.3) is 0 Å². The Morgan fingerprint density at radius 2 is 2.13 bits per heavy atom. The average molecular weight is 433 g/mol. The number of rotatable bonds is 10. The van der Waals surface area contributed by atoms with Gasteiger partial charge in [0, 0.05) is 39.4 Å². The molecule has 0 aromatic carbocycles. The zero-order valence-corrected chi connectivity index (χ0v) is 18.3. The zero-order chi connectivity index (χ0) is 21.6. The summed E-state index contributed by atoms with van der Waals surface area (Å²) in [5, 5.41) is 3.06. The van der Waals surface area contributed by atoms with Gasteiger partial charge in [0.15, 0.2) is 4.87 Å². The Kier molecular flexibility index (Phi) is 7.01. The van der Waals surface area contributed by atoms with E-state index in [2.05, 4.69) is 25.0 Å². The molecule has 1 aliphatic rings. The van der Waals surface area contributed by atoms with Crippen molar-refractivity contribution in [1.82, 2.24) is 24.2 Å². The van der Waals surface area contributed by atoms with Gasteiger partial charge in [-0.15, -0.1) is 0 Å². The van der Waals surface area contributed by atoms with Crippen molar-refractivity contribution in [1.29, 1.82) is 0 Å². The minimum Gasteiger partial charge on any atom is -0.385 e. The van der Waals surface area contributed by atoms with Crippen LogP contribution in [0.3, 0.4) is 0 Å². The van der Waals surface area contributed by atoms with Gasteiger partial charge < -0.3 is 14.6 Å². The second-order valence-electron chi connectivity index (χ2n) is 6.95. The Balaban J connectivity index is 1.89. The molecule has 2 aromatic heterocycles. The number of anilines is 1. The quantitative estimate of drug-likeness (QED) is 0.554. The predicted octanol–water partition coefficient (Wildman–Crippen LogP) is 2.25. The Labute approximate surface area is 177 Å². The van der Waals surface area contributed by atoms with Crippen molar-refractivity contribution in [3.63, 3.8) is 0 Å². The summed E-state index contributed by atoms with van der Waals surface area (Å²) in [4.78, 5) is 11.8. The van der Waals surface area contributed by atoms with Gasteiger partial charge in [-0.25, -0.2) is 28.1 Å². The molecule has 0 aliphatic heterocycles. The molecule has 9 nitrogen and oxygen atoms in total. The molecule has 1 aliphatic carbocycles. The molecule has 0 radical (unpaired) electrons. The topological polar surface area (TPSA) is 111 Å². The lowest BCUT2D eigenvalue weighted by molar-refractivity contribution is 0.196. The monoisotopic (exact) mass is 432 g/mol. The second kappa shape index (κ2) is 9.50. The maximum atomic E-state index is 13.2. The maximum Gasteiger partial charge on any atom is 0.239 e. The first kappa shape index (κ1) is 22.1. The maximum absolute atomic E-state index is 13.2. The van der Waals surface area contributed by atoms with Crippen LogP contribution in [0, 0.1) is 6.92 Å². The van der Waals surface area contributed by atoms with E-state index in [-0.39, 0.29) is 18.9 Å². The van der Waals surface area contributed by atoms with Crippen LogP contribution in [0.4, 0.5) is 5.95 Å². The molecule has 1 unspecified atom stereocenters. The summed E-state index contributed by atoms with van der Waals surface area (Å²) in [5.74, 6) is 1.12. The Hall–Kier alpha value is -2.56. The van der Waals surface area contributed by atoms with Crippen LogP contribution in [0.5, 0.6) is 0 Å². The molecule has 0 spiro atoms. The Morgan fingerprint density at radius 3 is 2.83 bits per heavy atom. The van der Waals surface area contributed by atoms with Crippen LogP contribution in [-0.2, 0) is 21.3 Å². The lowest BCUT2D eigenvalue weighted by Crippen LogP contribution is -2.51. The van der Waals surface area contributed by atoms with Crippen molar-refractivity contribution < 1.29 is 13.2 Å². The number of methoxy groups -OCH3 is 1. The van der Waals surface area contributed by atoms with Crippen LogP contribution in [0.25, 0.3) is 11.4 Å². The van der Waals surface area contributed by atoms with Gasteiger partial charge in [0.1, 0.15) is 5.82 Å². The van der Waals surface area contributed by atoms with Gasteiger partial charge in [-0.3, -0.25) is 0 Å². The van der Waals surface area contributed by atoms with E-state index < -0.39 is 14.9 Å². The standard InChI is InChI=1S/C20H28N6O3S/c1-4-26-16(2)22-15-18(26)17-9-13-21-19(24-17)25-20(10-6-5-7-11-20)30(27,28)23-12-8-14-29-3/h5-7,9-10,13,15,23H,4,8,11-12,14H2,1-3H3,(H,21,24,25). The highest BCUT2D eigenvalue weighted by Crippen LogP contribution is 2.28. The molecule has 0 bridgehead atoms. The summed E-state index contributed by atoms with van der Waals surface area (Å²) in [6, 6.07) is 1.79. The third-order valence-corrected chi connectivity index (χ3v) is 6.89. The molecule has 0 fully saturated rings. The molecule has 1 atom stereocenters. The van der Waals surface area contributed by atoms with E-state index in [0.29, 0.717) is 18.7 Å². The summed E-state index contributed by atoms with van der Waals surface area (Å²) >= 11 is 0. The van der Waals surface area contributed by atoms with Crippen molar-refractivity contribution in [3.8, 4) is 11.4 Å². The van der Waals surface area contributed by atoms with Gasteiger partial charge >= 0.3 is 0 Å². The molecule has 0 saturated heterocycles.